The van der Waals surface area contributed by atoms with Crippen LogP contribution in [0.5, 0.6) is 0 Å². The molecule has 2 atom stereocenters. The molecule has 2 N–H and O–H groups in total. The SMILES string of the molecule is CC/C(=C(/C)C(=O)Nc1cc(NC(=O)CN2CCCCC2C)cnc1C)[N+]1=C(C)C=C(c2cnn(C)c2)C=CC1CC. The predicted molar refractivity (Wildman–Crippen MR) is 169 cm³/mol. The quantitative estimate of drug-likeness (QED) is 0.307. The van der Waals surface area contributed by atoms with Crippen LogP contribution in [-0.2, 0) is 16.6 Å². The zero-order chi connectivity index (χ0) is 30.4. The van der Waals surface area contributed by atoms with E-state index in [4.69, 9.17) is 0 Å². The van der Waals surface area contributed by atoms with Crippen LogP contribution in [0.25, 0.3) is 5.57 Å². The van der Waals surface area contributed by atoms with Crippen LogP contribution in [-0.4, -0.2) is 66.9 Å². The second kappa shape index (κ2) is 13.9. The number of piperidine rings is 1. The summed E-state index contributed by atoms with van der Waals surface area (Å²) < 4.78 is 4.08. The molecule has 9 heteroatoms. The summed E-state index contributed by atoms with van der Waals surface area (Å²) in [6.45, 7) is 13.5. The first-order valence-electron chi connectivity index (χ1n) is 15.1. The lowest BCUT2D eigenvalue weighted by Gasteiger charge is -2.32. The maximum Gasteiger partial charge on any atom is 0.257 e. The lowest BCUT2D eigenvalue weighted by molar-refractivity contribution is -0.509. The van der Waals surface area contributed by atoms with Gasteiger partial charge in [-0.25, -0.2) is 0 Å². The Kier molecular flexibility index (Phi) is 10.3. The first-order chi connectivity index (χ1) is 20.1. The lowest BCUT2D eigenvalue weighted by Crippen LogP contribution is -2.42. The zero-order valence-corrected chi connectivity index (χ0v) is 26.2. The molecule has 0 spiro atoms. The number of allylic oxidation sites excluding steroid dienone is 4. The molecule has 0 bridgehead atoms. The van der Waals surface area contributed by atoms with Gasteiger partial charge in [0.25, 0.3) is 5.91 Å². The number of likely N-dealkylation sites (tertiary alicyclic amines) is 1. The van der Waals surface area contributed by atoms with Crippen LogP contribution in [0.2, 0.25) is 0 Å². The average molecular weight is 573 g/mol. The number of pyridine rings is 1. The fourth-order valence-electron chi connectivity index (χ4n) is 5.86. The number of anilines is 2. The van der Waals surface area contributed by atoms with E-state index in [0.717, 1.165) is 48.4 Å². The molecule has 2 unspecified atom stereocenters. The monoisotopic (exact) mass is 572 g/mol. The molecule has 1 saturated heterocycles. The van der Waals surface area contributed by atoms with Gasteiger partial charge in [0.05, 0.1) is 41.6 Å². The van der Waals surface area contributed by atoms with E-state index in [0.29, 0.717) is 41.6 Å². The van der Waals surface area contributed by atoms with Gasteiger partial charge in [0.1, 0.15) is 0 Å². The summed E-state index contributed by atoms with van der Waals surface area (Å²) in [5.74, 6) is -0.254. The van der Waals surface area contributed by atoms with E-state index in [1.54, 1.807) is 16.9 Å². The molecule has 2 aromatic rings. The van der Waals surface area contributed by atoms with Crippen LogP contribution in [0.15, 0.2) is 54.2 Å². The second-order valence-electron chi connectivity index (χ2n) is 11.4. The number of aromatic nitrogens is 3. The van der Waals surface area contributed by atoms with Gasteiger partial charge in [0.2, 0.25) is 5.91 Å². The first-order valence-corrected chi connectivity index (χ1v) is 15.1. The van der Waals surface area contributed by atoms with E-state index in [2.05, 4.69) is 76.1 Å². The highest BCUT2D eigenvalue weighted by Crippen LogP contribution is 2.25. The molecule has 0 radical (unpaired) electrons. The van der Waals surface area contributed by atoms with Crippen molar-refractivity contribution in [1.82, 2.24) is 19.7 Å². The van der Waals surface area contributed by atoms with Crippen molar-refractivity contribution in [2.45, 2.75) is 85.7 Å². The third-order valence-electron chi connectivity index (χ3n) is 8.34. The number of nitrogens with one attached hydrogen (secondary N) is 2. The predicted octanol–water partition coefficient (Wildman–Crippen LogP) is 5.46. The average Bonchev–Trinajstić information content (AvgIpc) is 3.33. The van der Waals surface area contributed by atoms with Crippen LogP contribution in [0, 0.1) is 6.92 Å². The number of amides is 2. The van der Waals surface area contributed by atoms with Crippen molar-refractivity contribution in [3.63, 3.8) is 0 Å². The van der Waals surface area contributed by atoms with Crippen LogP contribution in [0.3, 0.4) is 0 Å². The molecule has 2 aliphatic heterocycles. The van der Waals surface area contributed by atoms with Gasteiger partial charge in [-0.05, 0) is 57.9 Å². The van der Waals surface area contributed by atoms with Gasteiger partial charge in [-0.2, -0.15) is 9.67 Å². The van der Waals surface area contributed by atoms with E-state index in [9.17, 15) is 9.59 Å². The Morgan fingerprint density at radius 1 is 1.14 bits per heavy atom. The molecular weight excluding hydrogens is 526 g/mol. The lowest BCUT2D eigenvalue weighted by atomic mass is 10.0. The Balaban J connectivity index is 1.56. The third-order valence-corrected chi connectivity index (χ3v) is 8.34. The highest BCUT2D eigenvalue weighted by atomic mass is 16.2. The van der Waals surface area contributed by atoms with Gasteiger partial charge in [-0.15, -0.1) is 0 Å². The molecule has 2 aliphatic rings. The molecule has 4 rings (SSSR count). The number of carbonyl (C=O) groups is 2. The zero-order valence-electron chi connectivity index (χ0n) is 26.2. The Bertz CT molecular complexity index is 1450. The summed E-state index contributed by atoms with van der Waals surface area (Å²) >= 11 is 0. The summed E-state index contributed by atoms with van der Waals surface area (Å²) in [6, 6.07) is 2.31. The van der Waals surface area contributed by atoms with Crippen LogP contribution < -0.4 is 10.6 Å². The number of aryl methyl sites for hydroxylation is 2. The highest BCUT2D eigenvalue weighted by Gasteiger charge is 2.29. The van der Waals surface area contributed by atoms with E-state index in [1.807, 2.05) is 33.3 Å². The maximum atomic E-state index is 13.6. The standard InChI is InChI=1S/C33H45N7O2/c1-8-29-14-13-26(27-18-35-38(7)20-27)16-23(4)40(29)31(9-2)24(5)33(42)37-30-17-28(19-34-25(30)6)36-32(41)21-39-15-11-10-12-22(39)3/h13-14,16-20,22,29H,8-12,15,21H2,1-7H3,(H-,36,37,41,42)/p+1/b31-24+. The molecule has 224 valence electrons. The van der Waals surface area contributed by atoms with Crippen molar-refractivity contribution >= 4 is 34.5 Å². The maximum absolute atomic E-state index is 13.6. The van der Waals surface area contributed by atoms with E-state index in [1.165, 1.54) is 6.42 Å². The fraction of sp³-hybridized carbons (Fsp3) is 0.485. The Labute approximate surface area is 250 Å². The summed E-state index contributed by atoms with van der Waals surface area (Å²) in [5, 5.41) is 10.4. The van der Waals surface area contributed by atoms with Crippen molar-refractivity contribution in [3.05, 3.63) is 65.4 Å². The van der Waals surface area contributed by atoms with Crippen LogP contribution in [0.1, 0.15) is 78.0 Å². The number of rotatable bonds is 9. The largest absolute Gasteiger partial charge is 0.324 e. The summed E-state index contributed by atoms with van der Waals surface area (Å²) in [7, 11) is 1.92. The topological polar surface area (TPSA) is 95.2 Å². The second-order valence-corrected chi connectivity index (χ2v) is 11.4. The minimum atomic E-state index is -0.185. The Morgan fingerprint density at radius 3 is 2.60 bits per heavy atom. The fourth-order valence-corrected chi connectivity index (χ4v) is 5.86. The van der Waals surface area contributed by atoms with Crippen molar-refractivity contribution in [1.29, 1.82) is 0 Å². The number of hydrogen-bond donors (Lipinski definition) is 2. The van der Waals surface area contributed by atoms with Crippen LogP contribution in [0.4, 0.5) is 11.4 Å². The van der Waals surface area contributed by atoms with E-state index in [-0.39, 0.29) is 17.9 Å². The van der Waals surface area contributed by atoms with Crippen molar-refractivity contribution < 1.29 is 14.2 Å². The Morgan fingerprint density at radius 2 is 1.93 bits per heavy atom. The van der Waals surface area contributed by atoms with Gasteiger partial charge in [-0.3, -0.25) is 24.2 Å². The molecule has 0 aromatic carbocycles. The smallest absolute Gasteiger partial charge is 0.257 e. The third kappa shape index (κ3) is 7.31. The molecule has 1 fully saturated rings. The molecule has 9 nitrogen and oxygen atoms in total. The summed E-state index contributed by atoms with van der Waals surface area (Å²) in [5.41, 5.74) is 6.68. The first kappa shape index (κ1) is 31.1. The summed E-state index contributed by atoms with van der Waals surface area (Å²) in [4.78, 5) is 33.1. The number of nitrogens with zero attached hydrogens (tertiary/aromatic N) is 5. The minimum absolute atomic E-state index is 0.0689. The van der Waals surface area contributed by atoms with Gasteiger partial charge >= 0.3 is 0 Å². The van der Waals surface area contributed by atoms with Gasteiger partial charge < -0.3 is 10.6 Å². The van der Waals surface area contributed by atoms with Gasteiger partial charge in [0, 0.05) is 50.7 Å². The van der Waals surface area contributed by atoms with Crippen molar-refractivity contribution in [2.75, 3.05) is 23.7 Å². The number of carbonyl (C=O) groups excluding carboxylic acids is 2. The van der Waals surface area contributed by atoms with E-state index < -0.39 is 0 Å². The molecule has 0 aliphatic carbocycles. The summed E-state index contributed by atoms with van der Waals surface area (Å²) in [6.07, 6.45) is 17.1. The molecule has 2 amide bonds. The van der Waals surface area contributed by atoms with Gasteiger partial charge in [0.15, 0.2) is 17.5 Å². The molecule has 0 saturated carbocycles. The number of hydrogen-bond acceptors (Lipinski definition) is 5. The molecular formula is C33H46N7O2+. The van der Waals surface area contributed by atoms with Gasteiger partial charge in [-0.1, -0.05) is 26.3 Å². The molecule has 42 heavy (non-hydrogen) atoms. The van der Waals surface area contributed by atoms with Crippen molar-refractivity contribution in [2.24, 2.45) is 7.05 Å². The van der Waals surface area contributed by atoms with Crippen molar-refractivity contribution in [3.8, 4) is 0 Å². The molecule has 2 aromatic heterocycles. The Hall–Kier alpha value is -3.85. The minimum Gasteiger partial charge on any atom is -0.324 e. The normalized spacial score (nSPS) is 20.1. The van der Waals surface area contributed by atoms with Crippen LogP contribution >= 0.6 is 0 Å². The molecule has 4 heterocycles. The van der Waals surface area contributed by atoms with E-state index >= 15 is 0 Å². The highest BCUT2D eigenvalue weighted by molar-refractivity contribution is 6.05.